The fourth-order valence-electron chi connectivity index (χ4n) is 2.39. The Hall–Kier alpha value is -1.44. The molecule has 23 heavy (non-hydrogen) atoms. The molecule has 1 heterocycles. The van der Waals surface area contributed by atoms with Gasteiger partial charge in [0.1, 0.15) is 10.6 Å². The van der Waals surface area contributed by atoms with E-state index in [1.165, 1.54) is 28.9 Å². The first-order valence-electron chi connectivity index (χ1n) is 7.45. The molecule has 1 aliphatic rings. The summed E-state index contributed by atoms with van der Waals surface area (Å²) in [5, 5.41) is 10.9. The van der Waals surface area contributed by atoms with E-state index >= 15 is 0 Å². The van der Waals surface area contributed by atoms with Crippen molar-refractivity contribution < 1.29 is 14.3 Å². The third-order valence-corrected chi connectivity index (χ3v) is 5.44. The van der Waals surface area contributed by atoms with Crippen LogP contribution in [-0.2, 0) is 10.3 Å². The van der Waals surface area contributed by atoms with Crippen LogP contribution in [0.3, 0.4) is 0 Å². The summed E-state index contributed by atoms with van der Waals surface area (Å²) in [5.41, 5.74) is 0.170. The fourth-order valence-corrected chi connectivity index (χ4v) is 3.62. The number of carbonyl (C=O) groups excluding carboxylic acids is 1. The fraction of sp³-hybridized carbons (Fsp3) is 0.500. The molecule has 0 fully saturated rings. The van der Waals surface area contributed by atoms with Crippen molar-refractivity contribution in [2.24, 2.45) is 10.8 Å². The number of carbonyl (C=O) groups is 1. The van der Waals surface area contributed by atoms with E-state index in [0.717, 1.165) is 5.56 Å². The lowest BCUT2D eigenvalue weighted by molar-refractivity contribution is -0.119. The second-order valence-corrected chi connectivity index (χ2v) is 7.77. The average Bonchev–Trinajstić information content (AvgIpc) is 2.80. The largest absolute Gasteiger partial charge is 0.396 e. The second kappa shape index (κ2) is 6.59. The number of amides is 1. The Morgan fingerprint density at radius 2 is 2.00 bits per heavy atom. The van der Waals surface area contributed by atoms with Gasteiger partial charge in [0.05, 0.1) is 5.54 Å². The van der Waals surface area contributed by atoms with Gasteiger partial charge in [0.2, 0.25) is 0 Å². The predicted molar refractivity (Wildman–Crippen MR) is 90.2 cm³/mol. The zero-order valence-corrected chi connectivity index (χ0v) is 14.4. The summed E-state index contributed by atoms with van der Waals surface area (Å²) >= 11 is 1.31. The van der Waals surface area contributed by atoms with Gasteiger partial charge in [0, 0.05) is 6.61 Å². The van der Waals surface area contributed by atoms with E-state index in [2.05, 4.69) is 4.99 Å². The lowest BCUT2D eigenvalue weighted by Gasteiger charge is -2.36. The van der Waals surface area contributed by atoms with Crippen LogP contribution in [0.25, 0.3) is 0 Å². The molecule has 0 aliphatic carbocycles. The molecule has 1 aromatic carbocycles. The van der Waals surface area contributed by atoms with Crippen LogP contribution in [0.2, 0.25) is 0 Å². The molecular formula is C16H22FN3O2S. The van der Waals surface area contributed by atoms with Gasteiger partial charge in [-0.15, -0.1) is 0 Å². The number of thioether (sulfide) groups is 1. The number of benzene rings is 1. The van der Waals surface area contributed by atoms with Gasteiger partial charge < -0.3 is 5.11 Å². The van der Waals surface area contributed by atoms with Crippen LogP contribution in [0, 0.1) is 5.82 Å². The normalized spacial score (nSPS) is 21.5. The van der Waals surface area contributed by atoms with E-state index in [1.807, 2.05) is 20.8 Å². The summed E-state index contributed by atoms with van der Waals surface area (Å²) in [6.07, 6.45) is 1.06. The van der Waals surface area contributed by atoms with E-state index in [1.54, 1.807) is 12.1 Å². The molecule has 0 saturated carbocycles. The molecule has 0 spiro atoms. The van der Waals surface area contributed by atoms with E-state index < -0.39 is 10.3 Å². The quantitative estimate of drug-likeness (QED) is 0.636. The molecule has 0 aromatic heterocycles. The maximum atomic E-state index is 13.1. The molecular weight excluding hydrogens is 317 g/mol. The molecule has 1 aromatic rings. The Kier molecular flexibility index (Phi) is 5.13. The minimum atomic E-state index is -0.700. The first kappa shape index (κ1) is 17.9. The van der Waals surface area contributed by atoms with Gasteiger partial charge in [-0.2, -0.15) is 4.99 Å². The number of rotatable bonds is 5. The van der Waals surface area contributed by atoms with Crippen LogP contribution in [0.5, 0.6) is 0 Å². The zero-order valence-electron chi connectivity index (χ0n) is 13.5. The van der Waals surface area contributed by atoms with Gasteiger partial charge >= 0.3 is 0 Å². The van der Waals surface area contributed by atoms with Crippen LogP contribution < -0.4 is 5.84 Å². The van der Waals surface area contributed by atoms with Crippen molar-refractivity contribution in [1.29, 1.82) is 0 Å². The molecule has 1 atom stereocenters. The van der Waals surface area contributed by atoms with Gasteiger partial charge in [0.15, 0.2) is 5.17 Å². The highest BCUT2D eigenvalue weighted by molar-refractivity contribution is 8.16. The third-order valence-electron chi connectivity index (χ3n) is 4.14. The number of amidine groups is 1. The maximum absolute atomic E-state index is 13.1. The zero-order chi connectivity index (χ0) is 17.3. The standard InChI is InChI=1S/C16H22FN3O2S/c1-15(2,11-5-7-12(17)8-6-11)20(18)14-19-13(22)16(3,23-14)9-4-10-21/h5-8,21H,4,9-10,18H2,1-3H3. The molecule has 7 heteroatoms. The van der Waals surface area contributed by atoms with E-state index in [4.69, 9.17) is 10.9 Å². The minimum Gasteiger partial charge on any atom is -0.396 e. The van der Waals surface area contributed by atoms with Crippen molar-refractivity contribution in [2.75, 3.05) is 6.61 Å². The highest BCUT2D eigenvalue weighted by Crippen LogP contribution is 2.40. The van der Waals surface area contributed by atoms with Crippen molar-refractivity contribution in [3.05, 3.63) is 35.6 Å². The molecule has 0 bridgehead atoms. The van der Waals surface area contributed by atoms with Gasteiger partial charge in [0.25, 0.3) is 5.91 Å². The van der Waals surface area contributed by atoms with E-state index in [9.17, 15) is 9.18 Å². The summed E-state index contributed by atoms with van der Waals surface area (Å²) in [6.45, 7) is 5.62. The van der Waals surface area contributed by atoms with Gasteiger partial charge in [-0.3, -0.25) is 9.80 Å². The van der Waals surface area contributed by atoms with Crippen LogP contribution in [-0.4, -0.2) is 32.5 Å². The lowest BCUT2D eigenvalue weighted by atomic mass is 9.94. The van der Waals surface area contributed by atoms with Gasteiger partial charge in [-0.05, 0) is 51.3 Å². The van der Waals surface area contributed by atoms with Crippen molar-refractivity contribution in [3.8, 4) is 0 Å². The van der Waals surface area contributed by atoms with Crippen molar-refractivity contribution in [2.45, 2.75) is 43.9 Å². The number of halogens is 1. The maximum Gasteiger partial charge on any atom is 0.264 e. The topological polar surface area (TPSA) is 78.9 Å². The first-order valence-corrected chi connectivity index (χ1v) is 8.26. The van der Waals surface area contributed by atoms with Crippen LogP contribution in [0.15, 0.2) is 29.3 Å². The summed E-state index contributed by atoms with van der Waals surface area (Å²) in [5.74, 6) is 5.67. The van der Waals surface area contributed by atoms with Crippen LogP contribution >= 0.6 is 11.8 Å². The van der Waals surface area contributed by atoms with Gasteiger partial charge in [-0.1, -0.05) is 23.9 Å². The van der Waals surface area contributed by atoms with Crippen LogP contribution in [0.4, 0.5) is 4.39 Å². The number of hydrogen-bond donors (Lipinski definition) is 2. The Morgan fingerprint density at radius 3 is 2.57 bits per heavy atom. The molecule has 1 aliphatic heterocycles. The molecule has 0 saturated heterocycles. The molecule has 1 amide bonds. The minimum absolute atomic E-state index is 0.0339. The monoisotopic (exact) mass is 339 g/mol. The second-order valence-electron chi connectivity index (χ2n) is 6.30. The highest BCUT2D eigenvalue weighted by Gasteiger charge is 2.44. The smallest absolute Gasteiger partial charge is 0.264 e. The number of nitrogens with zero attached hydrogens (tertiary/aromatic N) is 2. The van der Waals surface area contributed by atoms with Crippen LogP contribution in [0.1, 0.15) is 39.2 Å². The number of hydrogen-bond acceptors (Lipinski definition) is 5. The summed E-state index contributed by atoms with van der Waals surface area (Å²) in [7, 11) is 0. The predicted octanol–water partition coefficient (Wildman–Crippen LogP) is 2.40. The molecule has 0 radical (unpaired) electrons. The van der Waals surface area contributed by atoms with Crippen molar-refractivity contribution in [1.82, 2.24) is 5.01 Å². The molecule has 5 nitrogen and oxygen atoms in total. The summed E-state index contributed by atoms with van der Waals surface area (Å²) < 4.78 is 12.4. The van der Waals surface area contributed by atoms with Crippen molar-refractivity contribution >= 4 is 22.8 Å². The number of aliphatic hydroxyl groups excluding tert-OH is 1. The van der Waals surface area contributed by atoms with E-state index in [-0.39, 0.29) is 18.3 Å². The molecule has 126 valence electrons. The Morgan fingerprint density at radius 1 is 1.39 bits per heavy atom. The van der Waals surface area contributed by atoms with Crippen molar-refractivity contribution in [3.63, 3.8) is 0 Å². The Bertz CT molecular complexity index is 618. The van der Waals surface area contributed by atoms with E-state index in [0.29, 0.717) is 18.0 Å². The van der Waals surface area contributed by atoms with Gasteiger partial charge in [-0.25, -0.2) is 10.2 Å². The highest BCUT2D eigenvalue weighted by atomic mass is 32.2. The first-order chi connectivity index (χ1) is 10.7. The number of aliphatic imine (C=N–C) groups is 1. The number of nitrogens with two attached hydrogens (primary N) is 1. The molecule has 3 N–H and O–H groups in total. The SMILES string of the molecule is CC1(CCCO)SC(N(N)C(C)(C)c2ccc(F)cc2)=NC1=O. The lowest BCUT2D eigenvalue weighted by Crippen LogP contribution is -2.49. The number of aliphatic hydroxyl groups is 1. The molecule has 2 rings (SSSR count). The third kappa shape index (κ3) is 3.57. The molecule has 1 unspecified atom stereocenters. The summed E-state index contributed by atoms with van der Waals surface area (Å²) in [6, 6.07) is 6.10. The Balaban J connectivity index is 2.20. The average molecular weight is 339 g/mol. The number of hydrazine groups is 1. The Labute approximate surface area is 139 Å². The summed E-state index contributed by atoms with van der Waals surface area (Å²) in [4.78, 5) is 16.3.